The van der Waals surface area contributed by atoms with Gasteiger partial charge in [-0.3, -0.25) is 0 Å². The molecule has 0 bridgehead atoms. The van der Waals surface area contributed by atoms with Gasteiger partial charge in [0.1, 0.15) is 6.29 Å². The van der Waals surface area contributed by atoms with Gasteiger partial charge in [-0.1, -0.05) is 52.8 Å². The van der Waals surface area contributed by atoms with Gasteiger partial charge in [0.25, 0.3) is 0 Å². The third-order valence-corrected chi connectivity index (χ3v) is 6.75. The van der Waals surface area contributed by atoms with Crippen LogP contribution in [0.4, 0.5) is 0 Å². The predicted octanol–water partition coefficient (Wildman–Crippen LogP) is 4.38. The molecule has 0 aromatic heterocycles. The lowest BCUT2D eigenvalue weighted by molar-refractivity contribution is -0.109. The first-order valence-electron chi connectivity index (χ1n) is 8.78. The monoisotopic (exact) mass is 314 g/mol. The van der Waals surface area contributed by atoms with Crippen molar-refractivity contribution in [1.82, 2.24) is 0 Å². The zero-order valence-electron chi connectivity index (χ0n) is 15.4. The highest BCUT2D eigenvalue weighted by molar-refractivity contribution is 5.66. The summed E-state index contributed by atoms with van der Waals surface area (Å²) in [5, 5.41) is 0. The van der Waals surface area contributed by atoms with Crippen molar-refractivity contribution in [3.8, 4) is 0 Å². The lowest BCUT2D eigenvalue weighted by Gasteiger charge is -2.42. The summed E-state index contributed by atoms with van der Waals surface area (Å²) in [6, 6.07) is 6.97. The Bertz CT molecular complexity index is 629. The average Bonchev–Trinajstić information content (AvgIpc) is 3.09. The van der Waals surface area contributed by atoms with E-state index in [0.717, 1.165) is 6.29 Å². The van der Waals surface area contributed by atoms with Crippen molar-refractivity contribution >= 4 is 6.29 Å². The summed E-state index contributed by atoms with van der Waals surface area (Å²) in [4.78, 5) is 11.5. The van der Waals surface area contributed by atoms with Crippen molar-refractivity contribution in [3.05, 3.63) is 34.9 Å². The Hall–Kier alpha value is -1.15. The molecule has 2 aliphatic rings. The van der Waals surface area contributed by atoms with Crippen LogP contribution in [0.25, 0.3) is 0 Å². The molecule has 0 aliphatic heterocycles. The Morgan fingerprint density at radius 2 is 1.70 bits per heavy atom. The van der Waals surface area contributed by atoms with Crippen molar-refractivity contribution in [2.75, 3.05) is 13.7 Å². The molecule has 126 valence electrons. The molecule has 2 heteroatoms. The van der Waals surface area contributed by atoms with Gasteiger partial charge in [0.15, 0.2) is 0 Å². The van der Waals surface area contributed by atoms with Crippen LogP contribution in [-0.2, 0) is 25.8 Å². The van der Waals surface area contributed by atoms with E-state index in [1.807, 2.05) is 0 Å². The standard InChI is InChI=1S/C21H30O2/c1-19(2)9-10-20(3,4)16-11-14(7-8-15(16)19)21(5)17(12-22)18(21)13-23-6/h7-8,11-12,17-18H,9-10,13H2,1-6H3/t17-,18-,21-/m1/s1. The molecule has 0 N–H and O–H groups in total. The summed E-state index contributed by atoms with van der Waals surface area (Å²) >= 11 is 0. The topological polar surface area (TPSA) is 26.3 Å². The molecule has 0 radical (unpaired) electrons. The highest BCUT2D eigenvalue weighted by Gasteiger charge is 2.62. The number of hydrogen-bond donors (Lipinski definition) is 0. The molecule has 1 saturated carbocycles. The molecule has 0 unspecified atom stereocenters. The number of methoxy groups -OCH3 is 1. The van der Waals surface area contributed by atoms with Crippen molar-refractivity contribution in [2.45, 2.75) is 63.7 Å². The first-order chi connectivity index (χ1) is 10.7. The summed E-state index contributed by atoms with van der Waals surface area (Å²) in [6.45, 7) is 12.3. The Morgan fingerprint density at radius 1 is 1.09 bits per heavy atom. The Morgan fingerprint density at radius 3 is 2.26 bits per heavy atom. The van der Waals surface area contributed by atoms with Crippen LogP contribution in [0.1, 0.15) is 64.2 Å². The lowest BCUT2D eigenvalue weighted by atomic mass is 9.62. The van der Waals surface area contributed by atoms with Gasteiger partial charge in [-0.15, -0.1) is 0 Å². The van der Waals surface area contributed by atoms with Gasteiger partial charge in [0, 0.05) is 24.4 Å². The highest BCUT2D eigenvalue weighted by atomic mass is 16.5. The summed E-state index contributed by atoms with van der Waals surface area (Å²) in [5.41, 5.74) is 4.64. The summed E-state index contributed by atoms with van der Waals surface area (Å²) in [6.07, 6.45) is 3.57. The molecule has 0 amide bonds. The Kier molecular flexibility index (Phi) is 3.76. The normalized spacial score (nSPS) is 33.8. The van der Waals surface area contributed by atoms with Gasteiger partial charge in [0.2, 0.25) is 0 Å². The second-order valence-electron chi connectivity index (χ2n) is 9.03. The van der Waals surface area contributed by atoms with Crippen LogP contribution >= 0.6 is 0 Å². The van der Waals surface area contributed by atoms with E-state index < -0.39 is 0 Å². The van der Waals surface area contributed by atoms with Gasteiger partial charge < -0.3 is 9.53 Å². The summed E-state index contributed by atoms with van der Waals surface area (Å²) < 4.78 is 5.34. The molecule has 23 heavy (non-hydrogen) atoms. The van der Waals surface area contributed by atoms with E-state index in [-0.39, 0.29) is 22.2 Å². The number of carbonyl (C=O) groups excluding carboxylic acids is 1. The van der Waals surface area contributed by atoms with Gasteiger partial charge in [-0.25, -0.2) is 0 Å². The smallest absolute Gasteiger partial charge is 0.124 e. The average molecular weight is 314 g/mol. The van der Waals surface area contributed by atoms with Gasteiger partial charge in [-0.05, 0) is 40.4 Å². The molecule has 2 aliphatic carbocycles. The van der Waals surface area contributed by atoms with E-state index in [9.17, 15) is 4.79 Å². The molecule has 0 heterocycles. The SMILES string of the molecule is COC[C@@H]1[C@@H](C=O)[C@@]1(C)c1ccc2c(c1)C(C)(C)CCC2(C)C. The first kappa shape index (κ1) is 16.7. The van der Waals surface area contributed by atoms with Gasteiger partial charge >= 0.3 is 0 Å². The number of fused-ring (bicyclic) bond motifs is 1. The van der Waals surface area contributed by atoms with Crippen LogP contribution in [0.2, 0.25) is 0 Å². The van der Waals surface area contributed by atoms with Crippen LogP contribution in [0.15, 0.2) is 18.2 Å². The number of rotatable bonds is 4. The molecule has 1 aromatic carbocycles. The fourth-order valence-corrected chi connectivity index (χ4v) is 4.66. The van der Waals surface area contributed by atoms with Crippen molar-refractivity contribution in [3.63, 3.8) is 0 Å². The van der Waals surface area contributed by atoms with Crippen LogP contribution < -0.4 is 0 Å². The Balaban J connectivity index is 2.06. The fraction of sp³-hybridized carbons (Fsp3) is 0.667. The number of aldehydes is 1. The van der Waals surface area contributed by atoms with Crippen molar-refractivity contribution < 1.29 is 9.53 Å². The number of hydrogen-bond acceptors (Lipinski definition) is 2. The zero-order valence-corrected chi connectivity index (χ0v) is 15.4. The van der Waals surface area contributed by atoms with E-state index in [0.29, 0.717) is 12.5 Å². The minimum atomic E-state index is -0.0650. The van der Waals surface area contributed by atoms with Gasteiger partial charge in [-0.2, -0.15) is 0 Å². The van der Waals surface area contributed by atoms with Crippen LogP contribution in [0.3, 0.4) is 0 Å². The molecule has 0 spiro atoms. The molecule has 1 aromatic rings. The zero-order chi connectivity index (χ0) is 17.0. The largest absolute Gasteiger partial charge is 0.384 e. The van der Waals surface area contributed by atoms with E-state index >= 15 is 0 Å². The third kappa shape index (κ3) is 2.38. The maximum Gasteiger partial charge on any atom is 0.124 e. The molecule has 0 saturated heterocycles. The van der Waals surface area contributed by atoms with Crippen LogP contribution in [0, 0.1) is 11.8 Å². The lowest BCUT2D eigenvalue weighted by Crippen LogP contribution is -2.34. The van der Waals surface area contributed by atoms with Gasteiger partial charge in [0.05, 0.1) is 6.61 Å². The molecule has 1 fully saturated rings. The van der Waals surface area contributed by atoms with Crippen LogP contribution in [-0.4, -0.2) is 20.0 Å². The van der Waals surface area contributed by atoms with Crippen molar-refractivity contribution in [1.29, 1.82) is 0 Å². The van der Waals surface area contributed by atoms with E-state index in [4.69, 9.17) is 4.74 Å². The molecule has 3 atom stereocenters. The second-order valence-corrected chi connectivity index (χ2v) is 9.03. The third-order valence-electron chi connectivity index (χ3n) is 6.75. The van der Waals surface area contributed by atoms with E-state index in [1.165, 1.54) is 29.5 Å². The first-order valence-corrected chi connectivity index (χ1v) is 8.78. The number of ether oxygens (including phenoxy) is 1. The van der Waals surface area contributed by atoms with E-state index in [2.05, 4.69) is 52.8 Å². The molecular weight excluding hydrogens is 284 g/mol. The fourth-order valence-electron chi connectivity index (χ4n) is 4.66. The molecule has 2 nitrogen and oxygen atoms in total. The van der Waals surface area contributed by atoms with Crippen molar-refractivity contribution in [2.24, 2.45) is 11.8 Å². The number of benzene rings is 1. The number of carbonyl (C=O) groups is 1. The van der Waals surface area contributed by atoms with Crippen LogP contribution in [0.5, 0.6) is 0 Å². The highest BCUT2D eigenvalue weighted by Crippen LogP contribution is 2.59. The maximum absolute atomic E-state index is 11.5. The minimum absolute atomic E-state index is 0.0650. The Labute approximate surface area is 140 Å². The molecular formula is C21H30O2. The quantitative estimate of drug-likeness (QED) is 0.771. The maximum atomic E-state index is 11.5. The molecule has 3 rings (SSSR count). The summed E-state index contributed by atoms with van der Waals surface area (Å²) in [7, 11) is 1.72. The second kappa shape index (κ2) is 5.17. The minimum Gasteiger partial charge on any atom is -0.384 e. The summed E-state index contributed by atoms with van der Waals surface area (Å²) in [5.74, 6) is 0.392. The predicted molar refractivity (Wildman–Crippen MR) is 94.0 cm³/mol. The van der Waals surface area contributed by atoms with E-state index in [1.54, 1.807) is 7.11 Å².